The summed E-state index contributed by atoms with van der Waals surface area (Å²) in [4.78, 5) is 28.2. The van der Waals surface area contributed by atoms with Crippen LogP contribution in [0.2, 0.25) is 18.1 Å². The maximum absolute atomic E-state index is 13.7. The minimum Gasteiger partial charge on any atom is -0.444 e. The van der Waals surface area contributed by atoms with E-state index in [2.05, 4.69) is 39.2 Å². The average molecular weight is 460 g/mol. The van der Waals surface area contributed by atoms with E-state index in [0.29, 0.717) is 13.2 Å². The maximum Gasteiger partial charge on any atom is 0.408 e. The molecule has 0 radical (unpaired) electrons. The summed E-state index contributed by atoms with van der Waals surface area (Å²) in [5, 5.41) is 3.83. The topological polar surface area (TPSA) is 72.8 Å². The summed E-state index contributed by atoms with van der Waals surface area (Å²) in [5.74, 6) is -0.184. The van der Waals surface area contributed by atoms with Gasteiger partial charge in [0.05, 0.1) is 23.5 Å². The Balaban J connectivity index is 2.00. The molecule has 1 amide bonds. The number of likely N-dealkylation sites (N-methyl/N-ethyl adjacent to an activating group) is 1. The SMILES string of the molecule is CN1C[C@H](NC(=O)OC(C)(C)C)C(=O)n2c(CO[Si](C)(C)C(C)(C)C)cc3cccc1c32. The molecule has 0 spiro atoms. The molecular formula is C24H37N3O4Si. The molecule has 0 bridgehead atoms. The molecule has 1 aromatic carbocycles. The number of carbonyl (C=O) groups is 2. The molecule has 1 aliphatic rings. The van der Waals surface area contributed by atoms with Gasteiger partial charge in [0.1, 0.15) is 11.6 Å². The number of anilines is 1. The van der Waals surface area contributed by atoms with Crippen molar-refractivity contribution in [3.63, 3.8) is 0 Å². The molecule has 1 aliphatic heterocycles. The third-order valence-corrected chi connectivity index (χ3v) is 10.8. The largest absolute Gasteiger partial charge is 0.444 e. The summed E-state index contributed by atoms with van der Waals surface area (Å²) >= 11 is 0. The van der Waals surface area contributed by atoms with Gasteiger partial charge in [0, 0.05) is 19.0 Å². The highest BCUT2D eigenvalue weighted by atomic mass is 28.4. The standard InChI is InChI=1S/C24H37N3O4Si/c1-23(2,3)31-22(29)25-18-14-26(7)19-12-10-11-16-13-17(27(20(16)19)21(18)28)15-30-32(8,9)24(4,5)6/h10-13,18H,14-15H2,1-9H3,(H,25,29)/t18-/m0/s1. The first-order valence-electron chi connectivity index (χ1n) is 11.1. The molecule has 0 fully saturated rings. The monoisotopic (exact) mass is 459 g/mol. The second-order valence-electron chi connectivity index (χ2n) is 11.2. The van der Waals surface area contributed by atoms with Crippen molar-refractivity contribution in [1.82, 2.24) is 9.88 Å². The van der Waals surface area contributed by atoms with Gasteiger partial charge >= 0.3 is 6.09 Å². The van der Waals surface area contributed by atoms with Crippen LogP contribution >= 0.6 is 0 Å². The van der Waals surface area contributed by atoms with Crippen LogP contribution in [0, 0.1) is 0 Å². The first-order chi connectivity index (χ1) is 14.6. The molecule has 2 heterocycles. The summed E-state index contributed by atoms with van der Waals surface area (Å²) in [7, 11) is -0.0799. The number of nitrogens with one attached hydrogen (secondary N) is 1. The smallest absolute Gasteiger partial charge is 0.408 e. The number of rotatable bonds is 4. The maximum atomic E-state index is 13.7. The van der Waals surface area contributed by atoms with E-state index in [0.717, 1.165) is 22.3 Å². The van der Waals surface area contributed by atoms with Gasteiger partial charge in [-0.05, 0) is 51.0 Å². The lowest BCUT2D eigenvalue weighted by Crippen LogP contribution is -2.50. The fraction of sp³-hybridized carbons (Fsp3) is 0.583. The van der Waals surface area contributed by atoms with Crippen LogP contribution in [0.4, 0.5) is 10.5 Å². The second-order valence-corrected chi connectivity index (χ2v) is 16.0. The number of nitrogens with zero attached hydrogens (tertiary/aromatic N) is 2. The van der Waals surface area contributed by atoms with Crippen LogP contribution in [0.25, 0.3) is 10.9 Å². The molecule has 8 heteroatoms. The summed E-state index contributed by atoms with van der Waals surface area (Å²) in [5.41, 5.74) is 1.95. The number of amides is 1. The Labute approximate surface area is 192 Å². The van der Waals surface area contributed by atoms with Gasteiger partial charge in [-0.15, -0.1) is 0 Å². The number of carbonyl (C=O) groups excluding carboxylic acids is 2. The second kappa shape index (κ2) is 8.23. The fourth-order valence-corrected chi connectivity index (χ4v) is 4.54. The predicted molar refractivity (Wildman–Crippen MR) is 131 cm³/mol. The molecule has 7 nitrogen and oxygen atoms in total. The van der Waals surface area contributed by atoms with Gasteiger partial charge in [-0.25, -0.2) is 4.79 Å². The van der Waals surface area contributed by atoms with E-state index in [4.69, 9.17) is 9.16 Å². The fourth-order valence-electron chi connectivity index (χ4n) is 3.60. The van der Waals surface area contributed by atoms with Crippen molar-refractivity contribution in [2.45, 2.75) is 77.9 Å². The quantitative estimate of drug-likeness (QED) is 0.641. The number of hydrogen-bond donors (Lipinski definition) is 1. The van der Waals surface area contributed by atoms with E-state index in [1.54, 1.807) is 25.3 Å². The van der Waals surface area contributed by atoms with Gasteiger partial charge in [0.25, 0.3) is 5.91 Å². The Morgan fingerprint density at radius 1 is 1.19 bits per heavy atom. The molecule has 1 atom stereocenters. The number of benzene rings is 1. The molecule has 0 saturated heterocycles. The number of ether oxygens (including phenoxy) is 1. The number of hydrogen-bond acceptors (Lipinski definition) is 5. The minimum absolute atomic E-state index is 0.0635. The zero-order valence-corrected chi connectivity index (χ0v) is 21.8. The van der Waals surface area contributed by atoms with Crippen molar-refractivity contribution < 1.29 is 18.8 Å². The van der Waals surface area contributed by atoms with Gasteiger partial charge in [0.2, 0.25) is 0 Å². The minimum atomic E-state index is -2.01. The Morgan fingerprint density at radius 2 is 1.84 bits per heavy atom. The van der Waals surface area contributed by atoms with Crippen LogP contribution in [0.1, 0.15) is 52.0 Å². The van der Waals surface area contributed by atoms with E-state index in [9.17, 15) is 9.59 Å². The first-order valence-corrected chi connectivity index (χ1v) is 14.0. The van der Waals surface area contributed by atoms with Gasteiger partial charge < -0.3 is 19.4 Å². The van der Waals surface area contributed by atoms with Crippen LogP contribution in [0.3, 0.4) is 0 Å². The van der Waals surface area contributed by atoms with Crippen molar-refractivity contribution in [3.05, 3.63) is 30.0 Å². The van der Waals surface area contributed by atoms with E-state index in [-0.39, 0.29) is 10.9 Å². The highest BCUT2D eigenvalue weighted by Gasteiger charge is 2.38. The third-order valence-electron chi connectivity index (χ3n) is 6.34. The summed E-state index contributed by atoms with van der Waals surface area (Å²) in [6.07, 6.45) is -0.599. The highest BCUT2D eigenvalue weighted by molar-refractivity contribution is 6.74. The van der Waals surface area contributed by atoms with Gasteiger partial charge in [-0.1, -0.05) is 32.9 Å². The van der Waals surface area contributed by atoms with Crippen LogP contribution < -0.4 is 10.2 Å². The molecule has 1 aromatic heterocycles. The van der Waals surface area contributed by atoms with Crippen molar-refractivity contribution in [3.8, 4) is 0 Å². The van der Waals surface area contributed by atoms with Crippen LogP contribution in [-0.2, 0) is 15.8 Å². The molecule has 0 aliphatic carbocycles. The normalized spacial score (nSPS) is 17.5. The summed E-state index contributed by atoms with van der Waals surface area (Å²) in [6, 6.07) is 7.27. The van der Waals surface area contributed by atoms with Crippen molar-refractivity contribution in [2.75, 3.05) is 18.5 Å². The zero-order chi connectivity index (χ0) is 24.1. The van der Waals surface area contributed by atoms with E-state index >= 15 is 0 Å². The molecule has 176 valence electrons. The molecule has 2 aromatic rings. The van der Waals surface area contributed by atoms with Crippen molar-refractivity contribution in [1.29, 1.82) is 0 Å². The third kappa shape index (κ3) is 4.86. The molecule has 32 heavy (non-hydrogen) atoms. The van der Waals surface area contributed by atoms with Crippen molar-refractivity contribution in [2.24, 2.45) is 0 Å². The van der Waals surface area contributed by atoms with Gasteiger partial charge in [0.15, 0.2) is 8.32 Å². The molecular weight excluding hydrogens is 422 g/mol. The Morgan fingerprint density at radius 3 is 2.44 bits per heavy atom. The molecule has 3 rings (SSSR count). The van der Waals surface area contributed by atoms with Gasteiger partial charge in [-0.2, -0.15) is 0 Å². The lowest BCUT2D eigenvalue weighted by Gasteiger charge is -2.36. The summed E-state index contributed by atoms with van der Waals surface area (Å²) < 4.78 is 13.6. The van der Waals surface area contributed by atoms with E-state index in [1.165, 1.54) is 0 Å². The van der Waals surface area contributed by atoms with Gasteiger partial charge in [-0.3, -0.25) is 9.36 Å². The number of alkyl carbamates (subject to hydrolysis) is 1. The number of aromatic nitrogens is 1. The van der Waals surface area contributed by atoms with Crippen LogP contribution in [0.15, 0.2) is 24.3 Å². The lowest BCUT2D eigenvalue weighted by atomic mass is 10.2. The molecule has 1 N–H and O–H groups in total. The highest BCUT2D eigenvalue weighted by Crippen LogP contribution is 2.38. The predicted octanol–water partition coefficient (Wildman–Crippen LogP) is 5.15. The van der Waals surface area contributed by atoms with Crippen LogP contribution in [-0.4, -0.2) is 50.1 Å². The molecule has 0 unspecified atom stereocenters. The average Bonchev–Trinajstić information content (AvgIpc) is 2.96. The molecule has 0 saturated carbocycles. The Bertz CT molecular complexity index is 1030. The van der Waals surface area contributed by atoms with Crippen LogP contribution in [0.5, 0.6) is 0 Å². The Hall–Kier alpha value is -2.32. The number of para-hydroxylation sites is 1. The van der Waals surface area contributed by atoms with Crippen molar-refractivity contribution >= 4 is 36.9 Å². The lowest BCUT2D eigenvalue weighted by molar-refractivity contribution is 0.0485. The Kier molecular flexibility index (Phi) is 6.25. The van der Waals surface area contributed by atoms with E-state index in [1.807, 2.05) is 36.2 Å². The first kappa shape index (κ1) is 24.3. The summed E-state index contributed by atoms with van der Waals surface area (Å²) in [6.45, 7) is 17.1. The zero-order valence-electron chi connectivity index (χ0n) is 20.8. The van der Waals surface area contributed by atoms with E-state index < -0.39 is 26.1 Å².